The fraction of sp³-hybridized carbons (Fsp3) is 0.0769. The van der Waals surface area contributed by atoms with E-state index in [4.69, 9.17) is 11.6 Å². The Bertz CT molecular complexity index is 566. The Morgan fingerprint density at radius 3 is 2.22 bits per heavy atom. The van der Waals surface area contributed by atoms with Gasteiger partial charge in [-0.15, -0.1) is 0 Å². The first-order valence-corrected chi connectivity index (χ1v) is 5.45. The molecule has 0 aliphatic rings. The molecule has 1 nitrogen and oxygen atoms in total. The van der Waals surface area contributed by atoms with Crippen LogP contribution in [-0.4, -0.2) is 5.11 Å². The fourth-order valence-electron chi connectivity index (χ4n) is 1.65. The SMILES string of the molecule is OC(c1cc(F)ccc1Cl)c1c(F)cccc1F. The molecule has 0 radical (unpaired) electrons. The van der Waals surface area contributed by atoms with Crippen LogP contribution in [0.4, 0.5) is 13.2 Å². The van der Waals surface area contributed by atoms with E-state index in [2.05, 4.69) is 0 Å². The first-order chi connectivity index (χ1) is 8.50. The van der Waals surface area contributed by atoms with Crippen molar-refractivity contribution in [3.05, 3.63) is 70.0 Å². The smallest absolute Gasteiger partial charge is 0.132 e. The first-order valence-electron chi connectivity index (χ1n) is 5.07. The molecule has 0 amide bonds. The molecule has 0 saturated carbocycles. The second kappa shape index (κ2) is 5.00. The summed E-state index contributed by atoms with van der Waals surface area (Å²) in [4.78, 5) is 0. The second-order valence-electron chi connectivity index (χ2n) is 3.70. The van der Waals surface area contributed by atoms with Gasteiger partial charge in [0.15, 0.2) is 0 Å². The molecule has 1 N–H and O–H groups in total. The lowest BCUT2D eigenvalue weighted by Crippen LogP contribution is -2.06. The lowest BCUT2D eigenvalue weighted by Gasteiger charge is -2.14. The number of aliphatic hydroxyl groups excluding tert-OH is 1. The van der Waals surface area contributed by atoms with Crippen LogP contribution in [0.3, 0.4) is 0 Å². The zero-order valence-electron chi connectivity index (χ0n) is 9.00. The third kappa shape index (κ3) is 2.35. The van der Waals surface area contributed by atoms with Gasteiger partial charge in [-0.1, -0.05) is 17.7 Å². The maximum Gasteiger partial charge on any atom is 0.132 e. The fourth-order valence-corrected chi connectivity index (χ4v) is 1.87. The minimum absolute atomic E-state index is 0.0338. The van der Waals surface area contributed by atoms with Crippen LogP contribution in [0.1, 0.15) is 17.2 Å². The lowest BCUT2D eigenvalue weighted by atomic mass is 10.0. The predicted octanol–water partition coefficient (Wildman–Crippen LogP) is 3.84. The lowest BCUT2D eigenvalue weighted by molar-refractivity contribution is 0.208. The predicted molar refractivity (Wildman–Crippen MR) is 61.8 cm³/mol. The Morgan fingerprint density at radius 1 is 1.00 bits per heavy atom. The minimum atomic E-state index is -1.66. The molecule has 18 heavy (non-hydrogen) atoms. The molecule has 5 heteroatoms. The summed E-state index contributed by atoms with van der Waals surface area (Å²) in [6.45, 7) is 0. The largest absolute Gasteiger partial charge is 0.383 e. The van der Waals surface area contributed by atoms with E-state index in [1.807, 2.05) is 0 Å². The van der Waals surface area contributed by atoms with Gasteiger partial charge in [0.1, 0.15) is 23.6 Å². The van der Waals surface area contributed by atoms with Crippen molar-refractivity contribution in [2.45, 2.75) is 6.10 Å². The van der Waals surface area contributed by atoms with Crippen LogP contribution in [-0.2, 0) is 0 Å². The molecule has 0 aromatic heterocycles. The maximum atomic E-state index is 13.5. The third-order valence-corrected chi connectivity index (χ3v) is 2.87. The van der Waals surface area contributed by atoms with Crippen LogP contribution in [0.5, 0.6) is 0 Å². The Morgan fingerprint density at radius 2 is 1.61 bits per heavy atom. The van der Waals surface area contributed by atoms with Crippen LogP contribution in [0.15, 0.2) is 36.4 Å². The normalized spacial score (nSPS) is 12.5. The first kappa shape index (κ1) is 12.9. The zero-order valence-corrected chi connectivity index (χ0v) is 9.76. The van der Waals surface area contributed by atoms with Gasteiger partial charge >= 0.3 is 0 Å². The van der Waals surface area contributed by atoms with Gasteiger partial charge in [0.25, 0.3) is 0 Å². The summed E-state index contributed by atoms with van der Waals surface area (Å²) in [6, 6.07) is 6.45. The summed E-state index contributed by atoms with van der Waals surface area (Å²) >= 11 is 5.77. The van der Waals surface area contributed by atoms with Gasteiger partial charge in [0.2, 0.25) is 0 Å². The number of benzene rings is 2. The molecule has 0 bridgehead atoms. The van der Waals surface area contributed by atoms with E-state index in [-0.39, 0.29) is 10.6 Å². The maximum absolute atomic E-state index is 13.5. The molecule has 0 aliphatic carbocycles. The average molecular weight is 273 g/mol. The number of rotatable bonds is 2. The van der Waals surface area contributed by atoms with Crippen molar-refractivity contribution in [3.63, 3.8) is 0 Å². The van der Waals surface area contributed by atoms with Gasteiger partial charge in [0, 0.05) is 10.6 Å². The van der Waals surface area contributed by atoms with E-state index in [1.54, 1.807) is 0 Å². The molecular weight excluding hydrogens is 265 g/mol. The summed E-state index contributed by atoms with van der Waals surface area (Å²) in [5.41, 5.74) is -0.634. The van der Waals surface area contributed by atoms with E-state index in [9.17, 15) is 18.3 Å². The van der Waals surface area contributed by atoms with Crippen molar-refractivity contribution in [2.75, 3.05) is 0 Å². The highest BCUT2D eigenvalue weighted by molar-refractivity contribution is 6.31. The van der Waals surface area contributed by atoms with Crippen molar-refractivity contribution < 1.29 is 18.3 Å². The van der Waals surface area contributed by atoms with Crippen LogP contribution >= 0.6 is 11.6 Å². The van der Waals surface area contributed by atoms with E-state index in [0.29, 0.717) is 0 Å². The van der Waals surface area contributed by atoms with E-state index in [1.165, 1.54) is 12.1 Å². The van der Waals surface area contributed by atoms with Crippen molar-refractivity contribution in [1.82, 2.24) is 0 Å². The Balaban J connectivity index is 2.54. The van der Waals surface area contributed by atoms with E-state index in [0.717, 1.165) is 24.3 Å². The molecule has 0 heterocycles. The van der Waals surface area contributed by atoms with Crippen LogP contribution in [0.2, 0.25) is 5.02 Å². The van der Waals surface area contributed by atoms with Gasteiger partial charge < -0.3 is 5.11 Å². The monoisotopic (exact) mass is 272 g/mol. The van der Waals surface area contributed by atoms with Gasteiger partial charge in [0.05, 0.1) is 5.56 Å². The van der Waals surface area contributed by atoms with Crippen molar-refractivity contribution in [2.24, 2.45) is 0 Å². The van der Waals surface area contributed by atoms with Crippen molar-refractivity contribution in [1.29, 1.82) is 0 Å². The van der Waals surface area contributed by atoms with Crippen LogP contribution < -0.4 is 0 Å². The van der Waals surface area contributed by atoms with Crippen molar-refractivity contribution in [3.8, 4) is 0 Å². The van der Waals surface area contributed by atoms with Gasteiger partial charge in [-0.2, -0.15) is 0 Å². The number of hydrogen-bond acceptors (Lipinski definition) is 1. The third-order valence-electron chi connectivity index (χ3n) is 2.53. The second-order valence-corrected chi connectivity index (χ2v) is 4.11. The minimum Gasteiger partial charge on any atom is -0.383 e. The molecule has 2 aromatic carbocycles. The summed E-state index contributed by atoms with van der Waals surface area (Å²) in [5, 5.41) is 9.96. The molecule has 0 saturated heterocycles. The highest BCUT2D eigenvalue weighted by Crippen LogP contribution is 2.31. The standard InChI is InChI=1S/C13H8ClF3O/c14-9-5-4-7(15)6-8(9)13(18)12-10(16)2-1-3-11(12)17/h1-6,13,18H. The Hall–Kier alpha value is -1.52. The highest BCUT2D eigenvalue weighted by Gasteiger charge is 2.21. The molecule has 2 rings (SSSR count). The van der Waals surface area contributed by atoms with E-state index >= 15 is 0 Å². The van der Waals surface area contributed by atoms with Crippen LogP contribution in [0, 0.1) is 17.5 Å². The summed E-state index contributed by atoms with van der Waals surface area (Å²) in [6.07, 6.45) is -1.66. The molecule has 2 aromatic rings. The number of halogens is 4. The van der Waals surface area contributed by atoms with Gasteiger partial charge in [-0.05, 0) is 30.3 Å². The highest BCUT2D eigenvalue weighted by atomic mass is 35.5. The molecule has 0 spiro atoms. The summed E-state index contributed by atoms with van der Waals surface area (Å²) < 4.78 is 40.0. The Labute approximate surface area is 106 Å². The molecule has 0 fully saturated rings. The molecule has 94 valence electrons. The molecule has 1 atom stereocenters. The number of aliphatic hydroxyl groups is 1. The topological polar surface area (TPSA) is 20.2 Å². The van der Waals surface area contributed by atoms with Crippen molar-refractivity contribution >= 4 is 11.6 Å². The van der Waals surface area contributed by atoms with E-state index < -0.39 is 29.1 Å². The Kier molecular flexibility index (Phi) is 3.59. The molecular formula is C13H8ClF3O. The van der Waals surface area contributed by atoms with Gasteiger partial charge in [-0.3, -0.25) is 0 Å². The van der Waals surface area contributed by atoms with Crippen LogP contribution in [0.25, 0.3) is 0 Å². The summed E-state index contributed by atoms with van der Waals surface area (Å²) in [5.74, 6) is -2.48. The van der Waals surface area contributed by atoms with Gasteiger partial charge in [-0.25, -0.2) is 13.2 Å². The zero-order chi connectivity index (χ0) is 13.3. The number of hydrogen-bond donors (Lipinski definition) is 1. The average Bonchev–Trinajstić information content (AvgIpc) is 2.32. The molecule has 1 unspecified atom stereocenters. The summed E-state index contributed by atoms with van der Waals surface area (Å²) in [7, 11) is 0. The molecule has 0 aliphatic heterocycles. The quantitative estimate of drug-likeness (QED) is 0.881.